The van der Waals surface area contributed by atoms with Crippen LogP contribution in [0.2, 0.25) is 0 Å². The summed E-state index contributed by atoms with van der Waals surface area (Å²) in [6, 6.07) is 7.41. The van der Waals surface area contributed by atoms with Crippen LogP contribution in [0.3, 0.4) is 0 Å². The molecule has 0 unspecified atom stereocenters. The van der Waals surface area contributed by atoms with Crippen LogP contribution >= 0.6 is 0 Å². The molecule has 0 heterocycles. The Hall–Kier alpha value is -1.40. The Balaban J connectivity index is 2.46. The molecule has 3 N–H and O–H groups in total. The molecule has 0 saturated heterocycles. The van der Waals surface area contributed by atoms with Crippen molar-refractivity contribution in [1.82, 2.24) is 0 Å². The zero-order valence-corrected chi connectivity index (χ0v) is 12.4. The Morgan fingerprint density at radius 3 is 2.20 bits per heavy atom. The molecular formula is C14H19NO4S. The summed E-state index contributed by atoms with van der Waals surface area (Å²) in [5.41, 5.74) is 6.06. The van der Waals surface area contributed by atoms with Crippen molar-refractivity contribution in [2.45, 2.75) is 24.5 Å². The number of aryl methyl sites for hydroxylation is 1. The molecule has 0 amide bonds. The summed E-state index contributed by atoms with van der Waals surface area (Å²) in [7, 11) is -3.47. The van der Waals surface area contributed by atoms with Crippen LogP contribution in [0, 0.1) is 5.41 Å². The van der Waals surface area contributed by atoms with Gasteiger partial charge in [-0.1, -0.05) is 31.2 Å². The van der Waals surface area contributed by atoms with E-state index in [2.05, 4.69) is 0 Å². The molecule has 6 heteroatoms. The fourth-order valence-corrected chi connectivity index (χ4v) is 4.98. The lowest BCUT2D eigenvalue weighted by Crippen LogP contribution is -2.31. The van der Waals surface area contributed by atoms with Crippen molar-refractivity contribution in [3.8, 4) is 0 Å². The summed E-state index contributed by atoms with van der Waals surface area (Å²) < 4.78 is 23.7. The molecule has 0 aromatic heterocycles. The minimum Gasteiger partial charge on any atom is -0.481 e. The Labute approximate surface area is 118 Å². The number of hydrogen-bond acceptors (Lipinski definition) is 4. The number of rotatable bonds is 5. The lowest BCUT2D eigenvalue weighted by Gasteiger charge is -2.09. The van der Waals surface area contributed by atoms with Gasteiger partial charge in [0.2, 0.25) is 0 Å². The molecule has 1 saturated carbocycles. The van der Waals surface area contributed by atoms with Gasteiger partial charge in [-0.3, -0.25) is 4.79 Å². The molecule has 1 aromatic carbocycles. The quantitative estimate of drug-likeness (QED) is 0.837. The predicted octanol–water partition coefficient (Wildman–Crippen LogP) is 0.789. The molecule has 0 radical (unpaired) electrons. The van der Waals surface area contributed by atoms with Gasteiger partial charge in [0.1, 0.15) is 5.41 Å². The normalized spacial score (nSPS) is 29.1. The number of carbonyl (C=O) groups is 1. The van der Waals surface area contributed by atoms with Crippen molar-refractivity contribution in [2.24, 2.45) is 11.1 Å². The molecule has 5 nitrogen and oxygen atoms in total. The Morgan fingerprint density at radius 1 is 1.35 bits per heavy atom. The molecule has 1 aromatic rings. The molecule has 20 heavy (non-hydrogen) atoms. The van der Waals surface area contributed by atoms with E-state index in [1.807, 2.05) is 31.2 Å². The maximum atomic E-state index is 11.9. The molecule has 3 atom stereocenters. The van der Waals surface area contributed by atoms with E-state index in [1.165, 1.54) is 0 Å². The van der Waals surface area contributed by atoms with Crippen LogP contribution in [0.5, 0.6) is 0 Å². The van der Waals surface area contributed by atoms with Crippen molar-refractivity contribution < 1.29 is 18.3 Å². The maximum Gasteiger partial charge on any atom is 0.312 e. The number of nitrogens with two attached hydrogens (primary N) is 1. The SMILES string of the molecule is CCc1ccc([C@@H]2[C@@H](S(C)(=O)=O)[C@@]2(CN)C(=O)O)cc1. The van der Waals surface area contributed by atoms with E-state index < -0.39 is 32.4 Å². The van der Waals surface area contributed by atoms with Crippen LogP contribution in [0.25, 0.3) is 0 Å². The molecule has 1 aliphatic carbocycles. The summed E-state index contributed by atoms with van der Waals surface area (Å²) >= 11 is 0. The molecule has 1 fully saturated rings. The van der Waals surface area contributed by atoms with E-state index in [0.717, 1.165) is 23.8 Å². The summed E-state index contributed by atoms with van der Waals surface area (Å²) in [6.45, 7) is 1.84. The van der Waals surface area contributed by atoms with Crippen molar-refractivity contribution >= 4 is 15.8 Å². The van der Waals surface area contributed by atoms with E-state index >= 15 is 0 Å². The van der Waals surface area contributed by atoms with Crippen molar-refractivity contribution in [2.75, 3.05) is 12.8 Å². The largest absolute Gasteiger partial charge is 0.481 e. The first kappa shape index (κ1) is 15.0. The Morgan fingerprint density at radius 2 is 1.90 bits per heavy atom. The number of aliphatic carboxylic acids is 1. The van der Waals surface area contributed by atoms with Gasteiger partial charge in [0.05, 0.1) is 5.25 Å². The van der Waals surface area contributed by atoms with Crippen LogP contribution in [0.1, 0.15) is 24.0 Å². The zero-order chi connectivity index (χ0) is 15.1. The standard InChI is InChI=1S/C14H19NO4S/c1-3-9-4-6-10(7-5-9)11-12(20(2,18)19)14(11,8-15)13(16)17/h4-7,11-12H,3,8,15H2,1-2H3,(H,16,17)/t11-,12-,14+/m1/s1. The molecule has 1 aliphatic rings. The number of carboxylic acids is 1. The zero-order valence-electron chi connectivity index (χ0n) is 11.5. The third-order valence-corrected chi connectivity index (χ3v) is 5.82. The summed E-state index contributed by atoms with van der Waals surface area (Å²) in [6.07, 6.45) is 1.95. The smallest absolute Gasteiger partial charge is 0.312 e. The minimum absolute atomic E-state index is 0.180. The van der Waals surface area contributed by atoms with E-state index in [4.69, 9.17) is 5.73 Å². The van der Waals surface area contributed by atoms with Gasteiger partial charge in [-0.2, -0.15) is 0 Å². The van der Waals surface area contributed by atoms with Crippen LogP contribution in [-0.4, -0.2) is 37.5 Å². The second-order valence-electron chi connectivity index (χ2n) is 5.37. The Kier molecular flexibility index (Phi) is 3.64. The molecule has 0 aliphatic heterocycles. The molecular weight excluding hydrogens is 278 g/mol. The third kappa shape index (κ3) is 2.13. The topological polar surface area (TPSA) is 97.5 Å². The Bertz CT molecular complexity index is 623. The highest BCUT2D eigenvalue weighted by atomic mass is 32.2. The number of hydrogen-bond donors (Lipinski definition) is 2. The maximum absolute atomic E-state index is 11.9. The second kappa shape index (κ2) is 4.86. The third-order valence-electron chi connectivity index (χ3n) is 4.20. The monoisotopic (exact) mass is 297 g/mol. The first-order valence-electron chi connectivity index (χ1n) is 6.50. The van der Waals surface area contributed by atoms with Crippen LogP contribution < -0.4 is 5.73 Å². The van der Waals surface area contributed by atoms with Gasteiger partial charge in [0, 0.05) is 18.7 Å². The highest BCUT2D eigenvalue weighted by molar-refractivity contribution is 7.91. The molecule has 0 bridgehead atoms. The fourth-order valence-electron chi connectivity index (χ4n) is 3.05. The highest BCUT2D eigenvalue weighted by Gasteiger charge is 2.74. The first-order valence-corrected chi connectivity index (χ1v) is 8.45. The summed E-state index contributed by atoms with van der Waals surface area (Å²) in [5.74, 6) is -1.70. The lowest BCUT2D eigenvalue weighted by molar-refractivity contribution is -0.143. The van der Waals surface area contributed by atoms with Gasteiger partial charge in [-0.05, 0) is 17.5 Å². The van der Waals surface area contributed by atoms with Crippen LogP contribution in [0.4, 0.5) is 0 Å². The average Bonchev–Trinajstić information content (AvgIpc) is 3.09. The molecule has 110 valence electrons. The minimum atomic E-state index is -3.47. The van der Waals surface area contributed by atoms with Gasteiger partial charge in [0.15, 0.2) is 9.84 Å². The van der Waals surface area contributed by atoms with Gasteiger partial charge in [0.25, 0.3) is 0 Å². The van der Waals surface area contributed by atoms with Crippen molar-refractivity contribution in [3.63, 3.8) is 0 Å². The summed E-state index contributed by atoms with van der Waals surface area (Å²) in [4.78, 5) is 11.5. The number of sulfone groups is 1. The van der Waals surface area contributed by atoms with Crippen molar-refractivity contribution in [1.29, 1.82) is 0 Å². The average molecular weight is 297 g/mol. The second-order valence-corrected chi connectivity index (χ2v) is 7.54. The fraction of sp³-hybridized carbons (Fsp3) is 0.500. The summed E-state index contributed by atoms with van der Waals surface area (Å²) in [5, 5.41) is 8.49. The number of carboxylic acid groups (broad SMARTS) is 1. The first-order chi connectivity index (χ1) is 9.29. The van der Waals surface area contributed by atoms with E-state index in [9.17, 15) is 18.3 Å². The van der Waals surface area contributed by atoms with E-state index in [-0.39, 0.29) is 6.54 Å². The van der Waals surface area contributed by atoms with Gasteiger partial charge < -0.3 is 10.8 Å². The van der Waals surface area contributed by atoms with E-state index in [0.29, 0.717) is 0 Å². The van der Waals surface area contributed by atoms with Gasteiger partial charge in [-0.15, -0.1) is 0 Å². The number of benzene rings is 1. The highest BCUT2D eigenvalue weighted by Crippen LogP contribution is 2.62. The molecule has 0 spiro atoms. The van der Waals surface area contributed by atoms with Gasteiger partial charge >= 0.3 is 5.97 Å². The lowest BCUT2D eigenvalue weighted by atomic mass is 9.98. The van der Waals surface area contributed by atoms with Gasteiger partial charge in [-0.25, -0.2) is 8.42 Å². The predicted molar refractivity (Wildman–Crippen MR) is 76.3 cm³/mol. The van der Waals surface area contributed by atoms with E-state index in [1.54, 1.807) is 0 Å². The van der Waals surface area contributed by atoms with Crippen molar-refractivity contribution in [3.05, 3.63) is 35.4 Å². The van der Waals surface area contributed by atoms with Crippen LogP contribution in [0.15, 0.2) is 24.3 Å². The molecule has 2 rings (SSSR count). The van der Waals surface area contributed by atoms with Crippen LogP contribution in [-0.2, 0) is 21.1 Å².